The molecule has 0 fully saturated rings. The zero-order chi connectivity index (χ0) is 30.9. The molecule has 7 aromatic carbocycles. The highest BCUT2D eigenvalue weighted by molar-refractivity contribution is 6.11. The lowest BCUT2D eigenvalue weighted by Crippen LogP contribution is -2.00. The molecular formula is C42H26N4. The molecule has 8 rings (SSSR count). The third-order valence-electron chi connectivity index (χ3n) is 8.40. The van der Waals surface area contributed by atoms with Crippen LogP contribution in [0.4, 0.5) is 0 Å². The van der Waals surface area contributed by atoms with Crippen molar-refractivity contribution in [2.45, 2.75) is 0 Å². The van der Waals surface area contributed by atoms with Gasteiger partial charge in [-0.25, -0.2) is 15.0 Å². The second kappa shape index (κ2) is 11.6. The van der Waals surface area contributed by atoms with Gasteiger partial charge in [-0.05, 0) is 44.5 Å². The van der Waals surface area contributed by atoms with Crippen LogP contribution in [0.25, 0.3) is 78.0 Å². The van der Waals surface area contributed by atoms with E-state index in [0.29, 0.717) is 23.0 Å². The van der Waals surface area contributed by atoms with Crippen molar-refractivity contribution >= 4 is 21.5 Å². The predicted octanol–water partition coefficient (Wildman–Crippen LogP) is 10.4. The van der Waals surface area contributed by atoms with Crippen LogP contribution in [-0.4, -0.2) is 15.0 Å². The molecule has 0 saturated carbocycles. The highest BCUT2D eigenvalue weighted by atomic mass is 15.0. The summed E-state index contributed by atoms with van der Waals surface area (Å²) in [6.45, 7) is 0. The maximum absolute atomic E-state index is 9.82. The molecule has 0 spiro atoms. The summed E-state index contributed by atoms with van der Waals surface area (Å²) in [4.78, 5) is 14.7. The molecule has 0 aliphatic rings. The number of benzene rings is 7. The SMILES string of the molecule is N#Cc1ccc(-c2c(-c3ccc(-c4nc(-c5ccccc5)nc(-c5ccccc5)n4)cc3)ccc3ccccc23)c2ccccc12. The molecule has 1 heterocycles. The van der Waals surface area contributed by atoms with Gasteiger partial charge in [0.2, 0.25) is 0 Å². The number of fused-ring (bicyclic) bond motifs is 2. The molecular weight excluding hydrogens is 560 g/mol. The first-order chi connectivity index (χ1) is 22.8. The minimum atomic E-state index is 0.621. The van der Waals surface area contributed by atoms with Gasteiger partial charge < -0.3 is 0 Å². The predicted molar refractivity (Wildman–Crippen MR) is 187 cm³/mol. The summed E-state index contributed by atoms with van der Waals surface area (Å²) in [5, 5.41) is 14.2. The van der Waals surface area contributed by atoms with Gasteiger partial charge in [-0.1, -0.05) is 152 Å². The van der Waals surface area contributed by atoms with E-state index in [9.17, 15) is 5.26 Å². The average molecular weight is 587 g/mol. The van der Waals surface area contributed by atoms with E-state index in [-0.39, 0.29) is 0 Å². The van der Waals surface area contributed by atoms with E-state index in [2.05, 4.69) is 78.9 Å². The maximum atomic E-state index is 9.82. The molecule has 0 bridgehead atoms. The first-order valence-electron chi connectivity index (χ1n) is 15.2. The van der Waals surface area contributed by atoms with E-state index >= 15 is 0 Å². The first kappa shape index (κ1) is 27.1. The topological polar surface area (TPSA) is 62.5 Å². The third kappa shape index (κ3) is 4.87. The molecule has 0 aliphatic carbocycles. The fourth-order valence-corrected chi connectivity index (χ4v) is 6.15. The van der Waals surface area contributed by atoms with Gasteiger partial charge in [0.05, 0.1) is 11.6 Å². The van der Waals surface area contributed by atoms with Gasteiger partial charge >= 0.3 is 0 Å². The molecule has 0 amide bonds. The summed E-state index contributed by atoms with van der Waals surface area (Å²) in [6.07, 6.45) is 0. The van der Waals surface area contributed by atoms with Crippen LogP contribution in [0.3, 0.4) is 0 Å². The van der Waals surface area contributed by atoms with Crippen LogP contribution in [-0.2, 0) is 0 Å². The highest BCUT2D eigenvalue weighted by Gasteiger charge is 2.17. The third-order valence-corrected chi connectivity index (χ3v) is 8.40. The molecule has 46 heavy (non-hydrogen) atoms. The van der Waals surface area contributed by atoms with Gasteiger partial charge in [0.15, 0.2) is 17.5 Å². The van der Waals surface area contributed by atoms with E-state index in [1.54, 1.807) is 0 Å². The summed E-state index contributed by atoms with van der Waals surface area (Å²) >= 11 is 0. The normalized spacial score (nSPS) is 11.0. The van der Waals surface area contributed by atoms with Crippen LogP contribution < -0.4 is 0 Å². The molecule has 0 atom stereocenters. The van der Waals surface area contributed by atoms with E-state index in [4.69, 9.17) is 15.0 Å². The Balaban J connectivity index is 1.29. The van der Waals surface area contributed by atoms with Crippen LogP contribution >= 0.6 is 0 Å². The summed E-state index contributed by atoms with van der Waals surface area (Å²) in [7, 11) is 0. The minimum absolute atomic E-state index is 0.621. The van der Waals surface area contributed by atoms with E-state index in [1.165, 1.54) is 5.39 Å². The lowest BCUT2D eigenvalue weighted by molar-refractivity contribution is 1.07. The molecule has 0 unspecified atom stereocenters. The number of nitrogens with zero attached hydrogens (tertiary/aromatic N) is 4. The fourth-order valence-electron chi connectivity index (χ4n) is 6.15. The van der Waals surface area contributed by atoms with E-state index in [1.807, 2.05) is 84.9 Å². The summed E-state index contributed by atoms with van der Waals surface area (Å²) in [5.41, 5.74) is 7.90. The second-order valence-electron chi connectivity index (χ2n) is 11.1. The number of aromatic nitrogens is 3. The Morgan fingerprint density at radius 2 is 0.848 bits per heavy atom. The fraction of sp³-hybridized carbons (Fsp3) is 0. The standard InChI is InChI=1S/C42H26N4/c43-27-33-24-26-38(37-18-10-9-16-34(33)37)39-35-17-8-7-11-28(35)23-25-36(39)29-19-21-32(22-20-29)42-45-40(30-12-3-1-4-13-30)44-41(46-42)31-14-5-2-6-15-31/h1-26H. The maximum Gasteiger partial charge on any atom is 0.164 e. The first-order valence-corrected chi connectivity index (χ1v) is 15.2. The van der Waals surface area contributed by atoms with Crippen molar-refractivity contribution in [1.82, 2.24) is 15.0 Å². The van der Waals surface area contributed by atoms with Gasteiger partial charge in [-0.15, -0.1) is 0 Å². The zero-order valence-electron chi connectivity index (χ0n) is 24.8. The van der Waals surface area contributed by atoms with Gasteiger partial charge in [0.1, 0.15) is 0 Å². The Bertz CT molecular complexity index is 2350. The minimum Gasteiger partial charge on any atom is -0.208 e. The number of nitriles is 1. The lowest BCUT2D eigenvalue weighted by Gasteiger charge is -2.17. The number of rotatable bonds is 5. The van der Waals surface area contributed by atoms with Crippen molar-refractivity contribution in [2.75, 3.05) is 0 Å². The summed E-state index contributed by atoms with van der Waals surface area (Å²) in [5.74, 6) is 1.90. The smallest absolute Gasteiger partial charge is 0.164 e. The van der Waals surface area contributed by atoms with E-state index < -0.39 is 0 Å². The Morgan fingerprint density at radius 3 is 1.46 bits per heavy atom. The molecule has 8 aromatic rings. The van der Waals surface area contributed by atoms with Crippen LogP contribution in [0.2, 0.25) is 0 Å². The molecule has 4 nitrogen and oxygen atoms in total. The quantitative estimate of drug-likeness (QED) is 0.201. The Labute approximate surface area is 266 Å². The zero-order valence-corrected chi connectivity index (χ0v) is 24.8. The molecule has 0 aliphatic heterocycles. The van der Waals surface area contributed by atoms with Crippen molar-refractivity contribution < 1.29 is 0 Å². The van der Waals surface area contributed by atoms with Crippen molar-refractivity contribution in [3.05, 3.63) is 163 Å². The molecule has 0 radical (unpaired) electrons. The summed E-state index contributed by atoms with van der Waals surface area (Å²) in [6, 6.07) is 55.9. The van der Waals surface area contributed by atoms with Crippen LogP contribution in [0.5, 0.6) is 0 Å². The Kier molecular flexibility index (Phi) is 6.83. The van der Waals surface area contributed by atoms with Crippen molar-refractivity contribution in [3.63, 3.8) is 0 Å². The van der Waals surface area contributed by atoms with Crippen molar-refractivity contribution in [1.29, 1.82) is 5.26 Å². The van der Waals surface area contributed by atoms with Crippen molar-refractivity contribution in [3.8, 4) is 62.5 Å². The van der Waals surface area contributed by atoms with E-state index in [0.717, 1.165) is 55.1 Å². The lowest BCUT2D eigenvalue weighted by atomic mass is 9.86. The Hall–Kier alpha value is -6.44. The second-order valence-corrected chi connectivity index (χ2v) is 11.1. The summed E-state index contributed by atoms with van der Waals surface area (Å²) < 4.78 is 0. The molecule has 214 valence electrons. The van der Waals surface area contributed by atoms with Crippen LogP contribution in [0.1, 0.15) is 5.56 Å². The molecule has 4 heteroatoms. The monoisotopic (exact) mass is 586 g/mol. The van der Waals surface area contributed by atoms with Crippen LogP contribution in [0.15, 0.2) is 158 Å². The van der Waals surface area contributed by atoms with Crippen molar-refractivity contribution in [2.24, 2.45) is 0 Å². The Morgan fingerprint density at radius 1 is 0.370 bits per heavy atom. The van der Waals surface area contributed by atoms with Gasteiger partial charge in [-0.3, -0.25) is 0 Å². The number of hydrogen-bond donors (Lipinski definition) is 0. The highest BCUT2D eigenvalue weighted by Crippen LogP contribution is 2.42. The van der Waals surface area contributed by atoms with Crippen LogP contribution in [0, 0.1) is 11.3 Å². The largest absolute Gasteiger partial charge is 0.208 e. The van der Waals surface area contributed by atoms with Gasteiger partial charge in [-0.2, -0.15) is 5.26 Å². The molecule has 1 aromatic heterocycles. The van der Waals surface area contributed by atoms with Gasteiger partial charge in [0, 0.05) is 22.1 Å². The number of hydrogen-bond acceptors (Lipinski definition) is 4. The van der Waals surface area contributed by atoms with Gasteiger partial charge in [0.25, 0.3) is 0 Å². The molecule has 0 saturated heterocycles. The molecule has 0 N–H and O–H groups in total. The average Bonchev–Trinajstić information content (AvgIpc) is 3.14.